The minimum Gasteiger partial charge on any atom is -0.508 e. The van der Waals surface area contributed by atoms with Crippen molar-refractivity contribution >= 4 is 12.0 Å². The molecule has 0 spiro atoms. The number of nitrogens with one attached hydrogen (secondary N) is 1. The number of hydrogen-bond donors (Lipinski definition) is 2. The molecule has 1 aromatic heterocycles. The number of phenolic OH excluding ortho intramolecular Hbond substituents is 1. The van der Waals surface area contributed by atoms with E-state index in [-0.39, 0.29) is 11.8 Å². The fourth-order valence-electron chi connectivity index (χ4n) is 4.62. The van der Waals surface area contributed by atoms with Gasteiger partial charge in [-0.15, -0.1) is 0 Å². The van der Waals surface area contributed by atoms with Crippen LogP contribution in [0.25, 0.3) is 0 Å². The van der Waals surface area contributed by atoms with Crippen molar-refractivity contribution in [3.05, 3.63) is 47.2 Å². The summed E-state index contributed by atoms with van der Waals surface area (Å²) in [5.41, 5.74) is 3.55. The van der Waals surface area contributed by atoms with Gasteiger partial charge in [0, 0.05) is 41.9 Å². The molecule has 3 heterocycles. The number of benzene rings is 1. The monoisotopic (exact) mass is 377 g/mol. The number of aromatic nitrogens is 1. The number of rotatable bonds is 5. The lowest BCUT2D eigenvalue weighted by Gasteiger charge is -2.35. The summed E-state index contributed by atoms with van der Waals surface area (Å²) >= 11 is 0. The van der Waals surface area contributed by atoms with Gasteiger partial charge in [0.2, 0.25) is 0 Å². The number of pyridine rings is 1. The molecule has 0 radical (unpaired) electrons. The molecule has 2 atom stereocenters. The van der Waals surface area contributed by atoms with Gasteiger partial charge in [-0.25, -0.2) is 9.98 Å². The number of hydrogen-bond acceptors (Lipinski definition) is 5. The van der Waals surface area contributed by atoms with E-state index in [1.54, 1.807) is 6.07 Å². The summed E-state index contributed by atoms with van der Waals surface area (Å²) < 4.78 is 6.18. The van der Waals surface area contributed by atoms with Gasteiger partial charge in [0.15, 0.2) is 5.82 Å². The second kappa shape index (κ2) is 7.55. The first kappa shape index (κ1) is 17.7. The molecule has 5 heteroatoms. The maximum Gasteiger partial charge on any atom is 0.154 e. The van der Waals surface area contributed by atoms with Gasteiger partial charge >= 0.3 is 0 Å². The van der Waals surface area contributed by atoms with Crippen LogP contribution >= 0.6 is 0 Å². The maximum absolute atomic E-state index is 10.8. The summed E-state index contributed by atoms with van der Waals surface area (Å²) in [4.78, 5) is 8.98. The molecule has 1 saturated carbocycles. The fraction of sp³-hybridized carbons (Fsp3) is 0.478. The summed E-state index contributed by atoms with van der Waals surface area (Å²) in [6, 6.07) is 7.85. The van der Waals surface area contributed by atoms with Gasteiger partial charge < -0.3 is 15.2 Å². The minimum atomic E-state index is 0.217. The van der Waals surface area contributed by atoms with Crippen LogP contribution in [0.1, 0.15) is 54.2 Å². The standard InChI is InChI=1S/C23H27N3O2/c27-20-4-1-5-21(28-14-15-6-7-15)22(20)17-8-11-24-13-19(17)16-9-12-26-23-18(16)3-2-10-25-23/h1,4-5,9-10,12,15,17,19,24,27H,2-3,6-8,11,13-14H2. The van der Waals surface area contributed by atoms with E-state index in [2.05, 4.69) is 21.4 Å². The van der Waals surface area contributed by atoms with Crippen molar-refractivity contribution in [2.45, 2.75) is 43.9 Å². The number of nitrogens with zero attached hydrogens (tertiary/aromatic N) is 2. The predicted octanol–water partition coefficient (Wildman–Crippen LogP) is 4.09. The molecular weight excluding hydrogens is 350 g/mol. The Labute approximate surface area is 165 Å². The third-order valence-corrected chi connectivity index (χ3v) is 6.27. The largest absolute Gasteiger partial charge is 0.508 e. The summed E-state index contributed by atoms with van der Waals surface area (Å²) in [6.07, 6.45) is 9.27. The molecule has 3 aliphatic rings. The number of ether oxygens (including phenoxy) is 1. The number of piperidine rings is 1. The Morgan fingerprint density at radius 1 is 1.14 bits per heavy atom. The number of fused-ring (bicyclic) bond motifs is 1. The number of aromatic hydroxyl groups is 1. The van der Waals surface area contributed by atoms with Crippen molar-refractivity contribution < 1.29 is 9.84 Å². The third kappa shape index (κ3) is 3.39. The van der Waals surface area contributed by atoms with E-state index in [9.17, 15) is 5.11 Å². The van der Waals surface area contributed by atoms with Crippen LogP contribution in [0.15, 0.2) is 35.5 Å². The lowest BCUT2D eigenvalue weighted by atomic mass is 9.75. The van der Waals surface area contributed by atoms with E-state index in [0.717, 1.165) is 56.1 Å². The lowest BCUT2D eigenvalue weighted by Crippen LogP contribution is -2.35. The molecule has 0 bridgehead atoms. The molecule has 2 aromatic rings. The second-order valence-corrected chi connectivity index (χ2v) is 8.20. The van der Waals surface area contributed by atoms with E-state index >= 15 is 0 Å². The van der Waals surface area contributed by atoms with E-state index in [1.165, 1.54) is 24.0 Å². The molecule has 0 amide bonds. The van der Waals surface area contributed by atoms with Crippen LogP contribution in [0.2, 0.25) is 0 Å². The first-order valence-corrected chi connectivity index (χ1v) is 10.5. The van der Waals surface area contributed by atoms with Gasteiger partial charge in [-0.05, 0) is 68.3 Å². The average Bonchev–Trinajstić information content (AvgIpc) is 3.57. The molecule has 1 saturated heterocycles. The normalized spacial score (nSPS) is 24.0. The Bertz CT molecular complexity index is 891. The molecule has 2 fully saturated rings. The number of aliphatic imine (C=N–C) groups is 1. The Balaban J connectivity index is 1.53. The van der Waals surface area contributed by atoms with Crippen LogP contribution in [0.4, 0.5) is 5.82 Å². The Hall–Kier alpha value is -2.40. The SMILES string of the molecule is Oc1cccc(OCC2CC2)c1C1CCNCC1c1ccnc2c1CCC=N2. The van der Waals surface area contributed by atoms with Gasteiger partial charge in [-0.2, -0.15) is 0 Å². The van der Waals surface area contributed by atoms with Crippen LogP contribution in [0, 0.1) is 5.92 Å². The van der Waals surface area contributed by atoms with Crippen molar-refractivity contribution in [1.82, 2.24) is 10.3 Å². The fourth-order valence-corrected chi connectivity index (χ4v) is 4.62. The van der Waals surface area contributed by atoms with Gasteiger partial charge in [0.05, 0.1) is 6.61 Å². The molecule has 146 valence electrons. The zero-order chi connectivity index (χ0) is 18.9. The van der Waals surface area contributed by atoms with E-state index < -0.39 is 0 Å². The van der Waals surface area contributed by atoms with Crippen molar-refractivity contribution in [2.24, 2.45) is 10.9 Å². The highest BCUT2D eigenvalue weighted by molar-refractivity contribution is 5.68. The summed E-state index contributed by atoms with van der Waals surface area (Å²) in [5.74, 6) is 3.24. The molecule has 2 N–H and O–H groups in total. The molecule has 1 aromatic carbocycles. The van der Waals surface area contributed by atoms with Gasteiger partial charge in [-0.3, -0.25) is 0 Å². The third-order valence-electron chi connectivity index (χ3n) is 6.27. The second-order valence-electron chi connectivity index (χ2n) is 8.20. The van der Waals surface area contributed by atoms with E-state index in [4.69, 9.17) is 4.74 Å². The molecule has 28 heavy (non-hydrogen) atoms. The van der Waals surface area contributed by atoms with Gasteiger partial charge in [0.25, 0.3) is 0 Å². The highest BCUT2D eigenvalue weighted by Gasteiger charge is 2.34. The number of phenols is 1. The van der Waals surface area contributed by atoms with Gasteiger partial charge in [0.1, 0.15) is 11.5 Å². The average molecular weight is 377 g/mol. The molecule has 2 unspecified atom stereocenters. The van der Waals surface area contributed by atoms with Gasteiger partial charge in [-0.1, -0.05) is 6.07 Å². The summed E-state index contributed by atoms with van der Waals surface area (Å²) in [6.45, 7) is 2.59. The Morgan fingerprint density at radius 2 is 2.07 bits per heavy atom. The highest BCUT2D eigenvalue weighted by atomic mass is 16.5. The van der Waals surface area contributed by atoms with Crippen molar-refractivity contribution in [1.29, 1.82) is 0 Å². The molecule has 5 rings (SSSR count). The minimum absolute atomic E-state index is 0.217. The summed E-state index contributed by atoms with van der Waals surface area (Å²) in [7, 11) is 0. The van der Waals surface area contributed by atoms with E-state index in [1.807, 2.05) is 24.5 Å². The van der Waals surface area contributed by atoms with Crippen molar-refractivity contribution in [3.8, 4) is 11.5 Å². The van der Waals surface area contributed by atoms with Crippen molar-refractivity contribution in [3.63, 3.8) is 0 Å². The van der Waals surface area contributed by atoms with Crippen LogP contribution in [-0.4, -0.2) is 36.0 Å². The quantitative estimate of drug-likeness (QED) is 0.824. The van der Waals surface area contributed by atoms with Crippen LogP contribution in [-0.2, 0) is 6.42 Å². The topological polar surface area (TPSA) is 66.7 Å². The van der Waals surface area contributed by atoms with Crippen LogP contribution in [0.5, 0.6) is 11.5 Å². The summed E-state index contributed by atoms with van der Waals surface area (Å²) in [5, 5.41) is 14.3. The lowest BCUT2D eigenvalue weighted by molar-refractivity contribution is 0.286. The molecule has 2 aliphatic heterocycles. The zero-order valence-corrected chi connectivity index (χ0v) is 16.1. The first-order valence-electron chi connectivity index (χ1n) is 10.5. The van der Waals surface area contributed by atoms with Crippen molar-refractivity contribution in [2.75, 3.05) is 19.7 Å². The Kier molecular flexibility index (Phi) is 4.77. The van der Waals surface area contributed by atoms with Crippen LogP contribution in [0.3, 0.4) is 0 Å². The zero-order valence-electron chi connectivity index (χ0n) is 16.1. The molecule has 5 nitrogen and oxygen atoms in total. The Morgan fingerprint density at radius 3 is 2.96 bits per heavy atom. The highest BCUT2D eigenvalue weighted by Crippen LogP contribution is 2.47. The van der Waals surface area contributed by atoms with E-state index in [0.29, 0.717) is 11.7 Å². The van der Waals surface area contributed by atoms with Crippen LogP contribution < -0.4 is 10.1 Å². The maximum atomic E-state index is 10.8. The molecule has 1 aliphatic carbocycles. The smallest absolute Gasteiger partial charge is 0.154 e. The molecular formula is C23H27N3O2. The first-order chi connectivity index (χ1) is 13.8. The predicted molar refractivity (Wildman–Crippen MR) is 110 cm³/mol.